The zero-order valence-corrected chi connectivity index (χ0v) is 11.6. The molecule has 2 rings (SSSR count). The quantitative estimate of drug-likeness (QED) is 0.872. The van der Waals surface area contributed by atoms with E-state index in [1.54, 1.807) is 0 Å². The van der Waals surface area contributed by atoms with Crippen LogP contribution in [0.1, 0.15) is 29.7 Å². The van der Waals surface area contributed by atoms with Crippen LogP contribution in [-0.4, -0.2) is 19.3 Å². The number of hydrogen-bond donors (Lipinski definition) is 1. The van der Waals surface area contributed by atoms with Gasteiger partial charge in [-0.15, -0.1) is 0 Å². The fraction of sp³-hybridized carbons (Fsp3) is 0.538. The first-order chi connectivity index (χ1) is 8.63. The molecule has 0 saturated carbocycles. The highest BCUT2D eigenvalue weighted by molar-refractivity contribution is 5.23. The summed E-state index contributed by atoms with van der Waals surface area (Å²) in [5.41, 5.74) is 3.60. The van der Waals surface area contributed by atoms with E-state index >= 15 is 0 Å². The highest BCUT2D eigenvalue weighted by Gasteiger charge is 2.09. The van der Waals surface area contributed by atoms with E-state index in [2.05, 4.69) is 40.7 Å². The molecule has 0 fully saturated rings. The van der Waals surface area contributed by atoms with Gasteiger partial charge in [0.25, 0.3) is 0 Å². The van der Waals surface area contributed by atoms with E-state index in [1.165, 1.54) is 11.3 Å². The Labute approximate surface area is 108 Å². The minimum atomic E-state index is 0.786. The van der Waals surface area contributed by atoms with Crippen LogP contribution in [0.5, 0.6) is 0 Å². The fourth-order valence-corrected chi connectivity index (χ4v) is 2.17. The molecule has 2 heterocycles. The number of nitrogens with zero attached hydrogens (tertiary/aromatic N) is 4. The maximum absolute atomic E-state index is 4.42. The van der Waals surface area contributed by atoms with Gasteiger partial charge in [0.05, 0.1) is 12.2 Å². The van der Waals surface area contributed by atoms with Gasteiger partial charge in [0.2, 0.25) is 0 Å². The van der Waals surface area contributed by atoms with Crippen molar-refractivity contribution >= 4 is 0 Å². The Morgan fingerprint density at radius 2 is 2.06 bits per heavy atom. The third-order valence-corrected chi connectivity index (χ3v) is 3.39. The first-order valence-electron chi connectivity index (χ1n) is 6.33. The molecule has 0 saturated heterocycles. The van der Waals surface area contributed by atoms with Crippen LogP contribution in [0.15, 0.2) is 12.4 Å². The maximum atomic E-state index is 4.42. The fourth-order valence-electron chi connectivity index (χ4n) is 2.17. The lowest BCUT2D eigenvalue weighted by atomic mass is 10.2. The molecular formula is C13H21N5. The van der Waals surface area contributed by atoms with E-state index in [1.807, 2.05) is 24.1 Å². The summed E-state index contributed by atoms with van der Waals surface area (Å²) in [5, 5.41) is 7.85. The van der Waals surface area contributed by atoms with E-state index in [-0.39, 0.29) is 0 Å². The lowest BCUT2D eigenvalue weighted by Gasteiger charge is -2.07. The van der Waals surface area contributed by atoms with Gasteiger partial charge in [-0.25, -0.2) is 4.98 Å². The average Bonchev–Trinajstić information content (AvgIpc) is 2.89. The molecule has 2 aromatic heterocycles. The van der Waals surface area contributed by atoms with Gasteiger partial charge in [-0.3, -0.25) is 4.68 Å². The summed E-state index contributed by atoms with van der Waals surface area (Å²) in [5.74, 6) is 1.08. The molecule has 98 valence electrons. The van der Waals surface area contributed by atoms with Crippen molar-refractivity contribution in [3.63, 3.8) is 0 Å². The highest BCUT2D eigenvalue weighted by atomic mass is 15.3. The first kappa shape index (κ1) is 12.8. The number of aromatic nitrogens is 4. The summed E-state index contributed by atoms with van der Waals surface area (Å²) in [6, 6.07) is 0. The van der Waals surface area contributed by atoms with E-state index in [9.17, 15) is 0 Å². The van der Waals surface area contributed by atoms with Crippen LogP contribution >= 0.6 is 0 Å². The molecule has 0 unspecified atom stereocenters. The zero-order valence-electron chi connectivity index (χ0n) is 11.6. The van der Waals surface area contributed by atoms with Crippen molar-refractivity contribution in [2.75, 3.05) is 0 Å². The molecule has 5 heteroatoms. The molecule has 5 nitrogen and oxygen atoms in total. The predicted molar refractivity (Wildman–Crippen MR) is 71.1 cm³/mol. The van der Waals surface area contributed by atoms with Crippen molar-refractivity contribution in [2.24, 2.45) is 7.05 Å². The summed E-state index contributed by atoms with van der Waals surface area (Å²) in [6.45, 7) is 8.86. The van der Waals surface area contributed by atoms with Gasteiger partial charge in [-0.2, -0.15) is 5.10 Å². The molecule has 0 radical (unpaired) electrons. The van der Waals surface area contributed by atoms with Crippen LogP contribution in [0.4, 0.5) is 0 Å². The number of imidazole rings is 1. The standard InChI is InChI=1S/C13H21N5/c1-5-18-7-6-15-13(18)9-14-8-12-10(2)16-17(4)11(12)3/h6-7,14H,5,8-9H2,1-4H3. The lowest BCUT2D eigenvalue weighted by molar-refractivity contribution is 0.610. The van der Waals surface area contributed by atoms with E-state index in [0.29, 0.717) is 0 Å². The van der Waals surface area contributed by atoms with Crippen LogP contribution in [0, 0.1) is 13.8 Å². The second kappa shape index (κ2) is 5.35. The van der Waals surface area contributed by atoms with Gasteiger partial charge < -0.3 is 9.88 Å². The van der Waals surface area contributed by atoms with Crippen molar-refractivity contribution in [2.45, 2.75) is 40.4 Å². The lowest BCUT2D eigenvalue weighted by Crippen LogP contribution is -2.17. The molecule has 0 spiro atoms. The summed E-state index contributed by atoms with van der Waals surface area (Å²) >= 11 is 0. The summed E-state index contributed by atoms with van der Waals surface area (Å²) in [4.78, 5) is 4.35. The highest BCUT2D eigenvalue weighted by Crippen LogP contribution is 2.11. The van der Waals surface area contributed by atoms with Crippen molar-refractivity contribution in [3.05, 3.63) is 35.2 Å². The topological polar surface area (TPSA) is 47.7 Å². The number of rotatable bonds is 5. The third-order valence-electron chi connectivity index (χ3n) is 3.39. The molecule has 18 heavy (non-hydrogen) atoms. The monoisotopic (exact) mass is 247 g/mol. The van der Waals surface area contributed by atoms with Crippen molar-refractivity contribution in [1.29, 1.82) is 0 Å². The third kappa shape index (κ3) is 2.46. The van der Waals surface area contributed by atoms with Crippen LogP contribution in [0.2, 0.25) is 0 Å². The average molecular weight is 247 g/mol. The van der Waals surface area contributed by atoms with E-state index < -0.39 is 0 Å². The Hall–Kier alpha value is -1.62. The Bertz CT molecular complexity index is 523. The molecule has 0 aromatic carbocycles. The summed E-state index contributed by atoms with van der Waals surface area (Å²) in [7, 11) is 1.98. The number of aryl methyl sites for hydroxylation is 3. The summed E-state index contributed by atoms with van der Waals surface area (Å²) in [6.07, 6.45) is 3.86. The molecule has 0 aliphatic heterocycles. The van der Waals surface area contributed by atoms with Crippen LogP contribution in [0.25, 0.3) is 0 Å². The molecule has 0 aliphatic rings. The van der Waals surface area contributed by atoms with Crippen LogP contribution in [-0.2, 0) is 26.7 Å². The SMILES string of the molecule is CCn1ccnc1CNCc1c(C)nn(C)c1C. The molecular weight excluding hydrogens is 226 g/mol. The van der Waals surface area contributed by atoms with E-state index in [0.717, 1.165) is 31.2 Å². The minimum Gasteiger partial charge on any atom is -0.334 e. The van der Waals surface area contributed by atoms with Gasteiger partial charge in [-0.1, -0.05) is 0 Å². The largest absolute Gasteiger partial charge is 0.334 e. The zero-order chi connectivity index (χ0) is 13.1. The van der Waals surface area contributed by atoms with Crippen molar-refractivity contribution in [1.82, 2.24) is 24.6 Å². The Morgan fingerprint density at radius 3 is 2.67 bits per heavy atom. The number of hydrogen-bond acceptors (Lipinski definition) is 3. The van der Waals surface area contributed by atoms with Crippen molar-refractivity contribution in [3.8, 4) is 0 Å². The summed E-state index contributed by atoms with van der Waals surface area (Å²) < 4.78 is 4.08. The van der Waals surface area contributed by atoms with Gasteiger partial charge in [-0.05, 0) is 20.8 Å². The van der Waals surface area contributed by atoms with E-state index in [4.69, 9.17) is 0 Å². The molecule has 0 atom stereocenters. The van der Waals surface area contributed by atoms with Gasteiger partial charge in [0.15, 0.2) is 0 Å². The maximum Gasteiger partial charge on any atom is 0.122 e. The Morgan fingerprint density at radius 1 is 1.28 bits per heavy atom. The molecule has 0 amide bonds. The molecule has 0 bridgehead atoms. The van der Waals surface area contributed by atoms with Crippen molar-refractivity contribution < 1.29 is 0 Å². The predicted octanol–water partition coefficient (Wildman–Crippen LogP) is 1.54. The minimum absolute atomic E-state index is 0.786. The number of nitrogens with one attached hydrogen (secondary N) is 1. The Balaban J connectivity index is 1.96. The smallest absolute Gasteiger partial charge is 0.122 e. The molecule has 1 N–H and O–H groups in total. The van der Waals surface area contributed by atoms with Crippen LogP contribution < -0.4 is 5.32 Å². The first-order valence-corrected chi connectivity index (χ1v) is 6.33. The molecule has 2 aromatic rings. The van der Waals surface area contributed by atoms with Crippen LogP contribution in [0.3, 0.4) is 0 Å². The van der Waals surface area contributed by atoms with Gasteiger partial charge >= 0.3 is 0 Å². The van der Waals surface area contributed by atoms with Gasteiger partial charge in [0, 0.05) is 43.8 Å². The second-order valence-electron chi connectivity index (χ2n) is 4.51. The Kier molecular flexibility index (Phi) is 3.81. The normalized spacial score (nSPS) is 11.1. The van der Waals surface area contributed by atoms with Gasteiger partial charge in [0.1, 0.15) is 5.82 Å². The second-order valence-corrected chi connectivity index (χ2v) is 4.51. The molecule has 0 aliphatic carbocycles.